The number of benzene rings is 1. The van der Waals surface area contributed by atoms with Crippen molar-refractivity contribution >= 4 is 23.4 Å². The molecule has 3 aromatic rings. The van der Waals surface area contributed by atoms with E-state index < -0.39 is 10.7 Å². The Bertz CT molecular complexity index is 825. The molecule has 2 aromatic heterocycles. The zero-order chi connectivity index (χ0) is 15.7. The van der Waals surface area contributed by atoms with E-state index in [1.54, 1.807) is 20.0 Å². The minimum absolute atomic E-state index is 0.777. The molecular weight excluding hydrogens is 296 g/mol. The predicted molar refractivity (Wildman–Crippen MR) is 88.2 cm³/mol. The molecule has 22 heavy (non-hydrogen) atoms. The number of rotatable bonds is 4. The van der Waals surface area contributed by atoms with Crippen molar-refractivity contribution in [3.63, 3.8) is 0 Å². The smallest absolute Gasteiger partial charge is 0.319 e. The third-order valence-electron chi connectivity index (χ3n) is 3.44. The van der Waals surface area contributed by atoms with Gasteiger partial charge in [-0.25, -0.2) is 4.98 Å². The van der Waals surface area contributed by atoms with E-state index in [0.717, 1.165) is 21.7 Å². The summed E-state index contributed by atoms with van der Waals surface area (Å²) in [5.74, 6) is -0.840. The van der Waals surface area contributed by atoms with Crippen LogP contribution in [0.25, 0.3) is 16.8 Å². The van der Waals surface area contributed by atoms with Gasteiger partial charge in [0.05, 0.1) is 4.90 Å². The van der Waals surface area contributed by atoms with Gasteiger partial charge in [0.25, 0.3) is 0 Å². The van der Waals surface area contributed by atoms with Gasteiger partial charge in [-0.2, -0.15) is 0 Å². The van der Waals surface area contributed by atoms with Crippen molar-refractivity contribution in [1.82, 2.24) is 9.38 Å². The van der Waals surface area contributed by atoms with Crippen LogP contribution in [0, 0.1) is 0 Å². The highest BCUT2D eigenvalue weighted by Crippen LogP contribution is 2.37. The van der Waals surface area contributed by atoms with Gasteiger partial charge in [-0.1, -0.05) is 30.3 Å². The van der Waals surface area contributed by atoms with Crippen molar-refractivity contribution in [1.29, 1.82) is 0 Å². The molecular formula is C17H16N2O2S. The summed E-state index contributed by atoms with van der Waals surface area (Å²) in [6.45, 7) is 3.41. The highest BCUT2D eigenvalue weighted by molar-refractivity contribution is 8.01. The summed E-state index contributed by atoms with van der Waals surface area (Å²) in [6, 6.07) is 12.0. The van der Waals surface area contributed by atoms with Crippen LogP contribution >= 0.6 is 11.8 Å². The number of aromatic nitrogens is 2. The molecule has 0 aliphatic heterocycles. The molecule has 5 heteroatoms. The molecule has 0 aliphatic carbocycles. The van der Waals surface area contributed by atoms with Gasteiger partial charge in [0, 0.05) is 18.6 Å². The van der Waals surface area contributed by atoms with Gasteiger partial charge in [-0.05, 0) is 31.0 Å². The molecule has 0 bridgehead atoms. The van der Waals surface area contributed by atoms with Crippen LogP contribution in [0.3, 0.4) is 0 Å². The lowest BCUT2D eigenvalue weighted by molar-refractivity contribution is -0.138. The van der Waals surface area contributed by atoms with E-state index in [1.807, 2.05) is 53.2 Å². The van der Waals surface area contributed by atoms with Crippen molar-refractivity contribution < 1.29 is 9.90 Å². The number of carbonyl (C=O) groups is 1. The third-order valence-corrected chi connectivity index (χ3v) is 4.65. The Morgan fingerprint density at radius 2 is 1.95 bits per heavy atom. The predicted octanol–water partition coefficient (Wildman–Crippen LogP) is 3.96. The second-order valence-corrected chi connectivity index (χ2v) is 7.20. The van der Waals surface area contributed by atoms with Gasteiger partial charge in [0.2, 0.25) is 0 Å². The molecule has 1 aromatic carbocycles. The molecule has 3 rings (SSSR count). The number of carboxylic acid groups (broad SMARTS) is 1. The fraction of sp³-hybridized carbons (Fsp3) is 0.176. The van der Waals surface area contributed by atoms with Crippen molar-refractivity contribution in [3.8, 4) is 11.1 Å². The molecule has 0 unspecified atom stereocenters. The molecule has 4 nitrogen and oxygen atoms in total. The number of imidazole rings is 1. The number of fused-ring (bicyclic) bond motifs is 1. The maximum Gasteiger partial charge on any atom is 0.319 e. The number of hydrogen-bond acceptors (Lipinski definition) is 3. The molecule has 0 saturated carbocycles. The van der Waals surface area contributed by atoms with E-state index in [0.29, 0.717) is 0 Å². The summed E-state index contributed by atoms with van der Waals surface area (Å²) in [6.07, 6.45) is 5.61. The van der Waals surface area contributed by atoms with Crippen molar-refractivity contribution in [3.05, 3.63) is 55.0 Å². The second-order valence-electron chi connectivity index (χ2n) is 5.53. The molecule has 1 N–H and O–H groups in total. The van der Waals surface area contributed by atoms with Crippen LogP contribution in [-0.2, 0) is 4.79 Å². The standard InChI is InChI=1S/C17H16N2O2S/c1-17(2,16(20)21)22-14-10-13(12-6-4-3-5-7-12)11-19-9-8-18-15(14)19/h3-11H,1-2H3,(H,20,21). The molecule has 0 fully saturated rings. The number of aliphatic carboxylic acids is 1. The Balaban J connectivity index is 2.13. The fourth-order valence-corrected chi connectivity index (χ4v) is 3.26. The number of nitrogens with zero attached hydrogens (tertiary/aromatic N) is 2. The van der Waals surface area contributed by atoms with Crippen LogP contribution in [-0.4, -0.2) is 25.2 Å². The summed E-state index contributed by atoms with van der Waals surface area (Å²) in [4.78, 5) is 16.6. The van der Waals surface area contributed by atoms with E-state index in [-0.39, 0.29) is 0 Å². The monoisotopic (exact) mass is 312 g/mol. The molecule has 0 saturated heterocycles. The fourth-order valence-electron chi connectivity index (χ4n) is 2.18. The number of hydrogen-bond donors (Lipinski definition) is 1. The lowest BCUT2D eigenvalue weighted by atomic mass is 10.1. The lowest BCUT2D eigenvalue weighted by Gasteiger charge is -2.19. The molecule has 0 atom stereocenters. The van der Waals surface area contributed by atoms with Gasteiger partial charge in [-0.3, -0.25) is 4.79 Å². The molecule has 2 heterocycles. The van der Waals surface area contributed by atoms with Crippen LogP contribution in [0.15, 0.2) is 59.9 Å². The minimum Gasteiger partial charge on any atom is -0.480 e. The minimum atomic E-state index is -0.915. The van der Waals surface area contributed by atoms with Gasteiger partial charge in [0.1, 0.15) is 10.4 Å². The van der Waals surface area contributed by atoms with Crippen molar-refractivity contribution in [2.75, 3.05) is 0 Å². The van der Waals surface area contributed by atoms with Crippen LogP contribution in [0.5, 0.6) is 0 Å². The highest BCUT2D eigenvalue weighted by atomic mass is 32.2. The molecule has 0 amide bonds. The first-order valence-corrected chi connectivity index (χ1v) is 7.73. The summed E-state index contributed by atoms with van der Waals surface area (Å²) in [7, 11) is 0. The SMILES string of the molecule is CC(C)(Sc1cc(-c2ccccc2)cn2ccnc12)C(=O)O. The Kier molecular flexibility index (Phi) is 3.66. The zero-order valence-electron chi connectivity index (χ0n) is 12.4. The van der Waals surface area contributed by atoms with E-state index in [9.17, 15) is 9.90 Å². The first-order valence-electron chi connectivity index (χ1n) is 6.92. The Labute approximate surface area is 132 Å². The van der Waals surface area contributed by atoms with Gasteiger partial charge < -0.3 is 9.51 Å². The van der Waals surface area contributed by atoms with Crippen LogP contribution in [0.2, 0.25) is 0 Å². The van der Waals surface area contributed by atoms with E-state index >= 15 is 0 Å². The number of pyridine rings is 1. The first-order chi connectivity index (χ1) is 10.5. The zero-order valence-corrected chi connectivity index (χ0v) is 13.2. The summed E-state index contributed by atoms with van der Waals surface area (Å²) in [5.41, 5.74) is 2.90. The summed E-state index contributed by atoms with van der Waals surface area (Å²) in [5, 5.41) is 9.36. The van der Waals surface area contributed by atoms with E-state index in [1.165, 1.54) is 11.8 Å². The number of carboxylic acids is 1. The topological polar surface area (TPSA) is 54.6 Å². The molecule has 0 spiro atoms. The molecule has 112 valence electrons. The Morgan fingerprint density at radius 1 is 1.23 bits per heavy atom. The van der Waals surface area contributed by atoms with Gasteiger partial charge >= 0.3 is 5.97 Å². The van der Waals surface area contributed by atoms with E-state index in [2.05, 4.69) is 4.98 Å². The first kappa shape index (κ1) is 14.7. The summed E-state index contributed by atoms with van der Waals surface area (Å²) < 4.78 is 1.02. The van der Waals surface area contributed by atoms with Crippen LogP contribution in [0.4, 0.5) is 0 Å². The quantitative estimate of drug-likeness (QED) is 0.741. The Hall–Kier alpha value is -2.27. The third kappa shape index (κ3) is 2.72. The maximum atomic E-state index is 11.4. The van der Waals surface area contributed by atoms with Crippen molar-refractivity contribution in [2.24, 2.45) is 0 Å². The molecule has 0 radical (unpaired) electrons. The average Bonchev–Trinajstić information content (AvgIpc) is 2.96. The number of thioether (sulfide) groups is 1. The highest BCUT2D eigenvalue weighted by Gasteiger charge is 2.29. The largest absolute Gasteiger partial charge is 0.480 e. The van der Waals surface area contributed by atoms with Gasteiger partial charge in [-0.15, -0.1) is 11.8 Å². The van der Waals surface area contributed by atoms with Crippen LogP contribution < -0.4 is 0 Å². The van der Waals surface area contributed by atoms with E-state index in [4.69, 9.17) is 0 Å². The van der Waals surface area contributed by atoms with Crippen molar-refractivity contribution in [2.45, 2.75) is 23.5 Å². The average molecular weight is 312 g/mol. The lowest BCUT2D eigenvalue weighted by Crippen LogP contribution is -2.27. The summed E-state index contributed by atoms with van der Waals surface area (Å²) >= 11 is 1.31. The van der Waals surface area contributed by atoms with Gasteiger partial charge in [0.15, 0.2) is 0 Å². The normalized spacial score (nSPS) is 11.7. The Morgan fingerprint density at radius 3 is 2.64 bits per heavy atom. The maximum absolute atomic E-state index is 11.4. The second kappa shape index (κ2) is 5.50. The van der Waals surface area contributed by atoms with Crippen LogP contribution in [0.1, 0.15) is 13.8 Å². The molecule has 0 aliphatic rings.